The van der Waals surface area contributed by atoms with Gasteiger partial charge in [-0.3, -0.25) is 14.2 Å². The molecule has 0 amide bonds. The van der Waals surface area contributed by atoms with Gasteiger partial charge < -0.3 is 9.84 Å². The maximum atomic E-state index is 13.2. The van der Waals surface area contributed by atoms with E-state index in [1.165, 1.54) is 16.7 Å². The van der Waals surface area contributed by atoms with Gasteiger partial charge in [0.05, 0.1) is 23.6 Å². The van der Waals surface area contributed by atoms with E-state index in [2.05, 4.69) is 15.9 Å². The highest BCUT2D eigenvalue weighted by Crippen LogP contribution is 2.35. The van der Waals surface area contributed by atoms with Crippen LogP contribution in [0.25, 0.3) is 10.9 Å². The molecule has 0 spiro atoms. The second kappa shape index (κ2) is 8.37. The highest BCUT2D eigenvalue weighted by atomic mass is 79.9. The van der Waals surface area contributed by atoms with Gasteiger partial charge in [-0.2, -0.15) is 0 Å². The topological polar surface area (TPSA) is 68.5 Å². The summed E-state index contributed by atoms with van der Waals surface area (Å²) < 4.78 is 7.58. The standard InChI is InChI=1S/C21H19BrClNO4/c1-3-8-28-20(26)10-15-12(2)24(18-11-17(23)19(25)9-16(15)18)21(27)13-4-6-14(22)7-5-13/h4-7,9,11,25H,3,8,10H2,1-2H3. The number of nitrogens with zero attached hydrogens (tertiary/aromatic N) is 1. The average Bonchev–Trinajstić information content (AvgIpc) is 2.91. The van der Waals surface area contributed by atoms with Crippen molar-refractivity contribution in [3.63, 3.8) is 0 Å². The SMILES string of the molecule is CCCOC(=O)Cc1c(C)n(C(=O)c2ccc(Br)cc2)c2cc(Cl)c(O)cc12. The zero-order valence-corrected chi connectivity index (χ0v) is 17.8. The highest BCUT2D eigenvalue weighted by Gasteiger charge is 2.23. The number of hydrogen-bond acceptors (Lipinski definition) is 4. The first kappa shape index (κ1) is 20.4. The molecule has 146 valence electrons. The molecule has 3 rings (SSSR count). The van der Waals surface area contributed by atoms with E-state index in [-0.39, 0.29) is 29.1 Å². The normalized spacial score (nSPS) is 11.0. The third kappa shape index (κ3) is 3.93. The number of aromatic hydroxyl groups is 1. The molecule has 0 saturated carbocycles. The van der Waals surface area contributed by atoms with Crippen molar-refractivity contribution in [3.05, 3.63) is 62.7 Å². The molecule has 0 unspecified atom stereocenters. The van der Waals surface area contributed by atoms with Crippen molar-refractivity contribution in [1.82, 2.24) is 4.57 Å². The summed E-state index contributed by atoms with van der Waals surface area (Å²) in [7, 11) is 0. The summed E-state index contributed by atoms with van der Waals surface area (Å²) in [6.45, 7) is 4.02. The van der Waals surface area contributed by atoms with Gasteiger partial charge in [0.25, 0.3) is 5.91 Å². The van der Waals surface area contributed by atoms with Crippen molar-refractivity contribution in [2.45, 2.75) is 26.7 Å². The fraction of sp³-hybridized carbons (Fsp3) is 0.238. The summed E-state index contributed by atoms with van der Waals surface area (Å²) in [5.41, 5.74) is 2.27. The number of fused-ring (bicyclic) bond motifs is 1. The fourth-order valence-electron chi connectivity index (χ4n) is 3.11. The van der Waals surface area contributed by atoms with E-state index >= 15 is 0 Å². The van der Waals surface area contributed by atoms with Crippen LogP contribution in [0.1, 0.15) is 35.0 Å². The van der Waals surface area contributed by atoms with E-state index < -0.39 is 0 Å². The molecule has 2 aromatic carbocycles. The second-order valence-electron chi connectivity index (χ2n) is 6.43. The number of esters is 1. The lowest BCUT2D eigenvalue weighted by atomic mass is 10.1. The predicted molar refractivity (Wildman–Crippen MR) is 112 cm³/mol. The van der Waals surface area contributed by atoms with Crippen molar-refractivity contribution in [2.24, 2.45) is 0 Å². The van der Waals surface area contributed by atoms with Crippen LogP contribution >= 0.6 is 27.5 Å². The molecule has 0 saturated heterocycles. The number of hydrogen-bond donors (Lipinski definition) is 1. The van der Waals surface area contributed by atoms with Crippen LogP contribution < -0.4 is 0 Å². The van der Waals surface area contributed by atoms with Gasteiger partial charge in [0.1, 0.15) is 5.75 Å². The molecular weight excluding hydrogens is 446 g/mol. The number of halogens is 2. The molecule has 0 fully saturated rings. The number of benzene rings is 2. The Morgan fingerprint density at radius 1 is 1.21 bits per heavy atom. The Morgan fingerprint density at radius 3 is 2.54 bits per heavy atom. The molecule has 5 nitrogen and oxygen atoms in total. The molecule has 1 N–H and O–H groups in total. The Bertz CT molecular complexity index is 1060. The van der Waals surface area contributed by atoms with Crippen LogP contribution in [0.15, 0.2) is 40.9 Å². The Labute approximate surface area is 176 Å². The van der Waals surface area contributed by atoms with E-state index in [0.29, 0.717) is 34.3 Å². The summed E-state index contributed by atoms with van der Waals surface area (Å²) in [5.74, 6) is -0.731. The predicted octanol–water partition coefficient (Wildman–Crippen LogP) is 5.26. The number of carbonyl (C=O) groups is 2. The van der Waals surface area contributed by atoms with E-state index in [9.17, 15) is 14.7 Å². The first-order valence-corrected chi connectivity index (χ1v) is 9.98. The second-order valence-corrected chi connectivity index (χ2v) is 7.75. The first-order valence-electron chi connectivity index (χ1n) is 8.81. The third-order valence-corrected chi connectivity index (χ3v) is 5.32. The summed E-state index contributed by atoms with van der Waals surface area (Å²) in [6, 6.07) is 10.0. The van der Waals surface area contributed by atoms with Crippen LogP contribution in [-0.4, -0.2) is 28.2 Å². The number of aromatic nitrogens is 1. The minimum absolute atomic E-state index is 0.00399. The summed E-state index contributed by atoms with van der Waals surface area (Å²) in [6.07, 6.45) is 0.731. The molecule has 0 bridgehead atoms. The summed E-state index contributed by atoms with van der Waals surface area (Å²) in [5, 5.41) is 10.8. The largest absolute Gasteiger partial charge is 0.506 e. The number of phenolic OH excluding ortho intramolecular Hbond substituents is 1. The molecule has 28 heavy (non-hydrogen) atoms. The van der Waals surface area contributed by atoms with Crippen LogP contribution in [-0.2, 0) is 16.0 Å². The molecule has 0 aliphatic carbocycles. The third-order valence-electron chi connectivity index (χ3n) is 4.49. The average molecular weight is 465 g/mol. The smallest absolute Gasteiger partial charge is 0.310 e. The Kier molecular flexibility index (Phi) is 6.10. The Morgan fingerprint density at radius 2 is 1.89 bits per heavy atom. The maximum absolute atomic E-state index is 13.2. The van der Waals surface area contributed by atoms with E-state index in [0.717, 1.165) is 10.9 Å². The van der Waals surface area contributed by atoms with Crippen LogP contribution in [0.4, 0.5) is 0 Å². The van der Waals surface area contributed by atoms with Gasteiger partial charge in [0, 0.05) is 21.1 Å². The van der Waals surface area contributed by atoms with Crippen LogP contribution in [0, 0.1) is 6.92 Å². The fourth-order valence-corrected chi connectivity index (χ4v) is 3.53. The van der Waals surface area contributed by atoms with Crippen LogP contribution in [0.2, 0.25) is 5.02 Å². The Balaban J connectivity index is 2.15. The highest BCUT2D eigenvalue weighted by molar-refractivity contribution is 9.10. The molecule has 1 aromatic heterocycles. The molecule has 7 heteroatoms. The summed E-state index contributed by atoms with van der Waals surface area (Å²) >= 11 is 9.45. The summed E-state index contributed by atoms with van der Waals surface area (Å²) in [4.78, 5) is 25.4. The van der Waals surface area contributed by atoms with Crippen molar-refractivity contribution >= 4 is 50.3 Å². The first-order chi connectivity index (χ1) is 13.3. The molecule has 1 heterocycles. The lowest BCUT2D eigenvalue weighted by Crippen LogP contribution is -2.14. The van der Waals surface area contributed by atoms with E-state index in [4.69, 9.17) is 16.3 Å². The van der Waals surface area contributed by atoms with Gasteiger partial charge in [0.2, 0.25) is 0 Å². The van der Waals surface area contributed by atoms with Gasteiger partial charge >= 0.3 is 5.97 Å². The van der Waals surface area contributed by atoms with Gasteiger partial charge in [-0.25, -0.2) is 0 Å². The quantitative estimate of drug-likeness (QED) is 0.523. The zero-order chi connectivity index (χ0) is 20.4. The van der Waals surface area contributed by atoms with Crippen molar-refractivity contribution in [3.8, 4) is 5.75 Å². The van der Waals surface area contributed by atoms with Crippen LogP contribution in [0.3, 0.4) is 0 Å². The minimum atomic E-state index is -0.380. The van der Waals surface area contributed by atoms with E-state index in [1.54, 1.807) is 31.2 Å². The lowest BCUT2D eigenvalue weighted by Gasteiger charge is -2.08. The van der Waals surface area contributed by atoms with Crippen LogP contribution in [0.5, 0.6) is 5.75 Å². The Hall–Kier alpha value is -2.31. The number of carbonyl (C=O) groups excluding carboxylic acids is 2. The minimum Gasteiger partial charge on any atom is -0.506 e. The van der Waals surface area contributed by atoms with Gasteiger partial charge in [-0.1, -0.05) is 34.5 Å². The van der Waals surface area contributed by atoms with E-state index in [1.807, 2.05) is 6.92 Å². The molecule has 0 radical (unpaired) electrons. The zero-order valence-electron chi connectivity index (χ0n) is 15.5. The number of ether oxygens (including phenoxy) is 1. The molecule has 0 atom stereocenters. The number of rotatable bonds is 5. The maximum Gasteiger partial charge on any atom is 0.310 e. The van der Waals surface area contributed by atoms with Gasteiger partial charge in [-0.15, -0.1) is 0 Å². The van der Waals surface area contributed by atoms with Crippen molar-refractivity contribution < 1.29 is 19.4 Å². The monoisotopic (exact) mass is 463 g/mol. The van der Waals surface area contributed by atoms with Gasteiger partial charge in [0.15, 0.2) is 0 Å². The van der Waals surface area contributed by atoms with Crippen molar-refractivity contribution in [1.29, 1.82) is 0 Å². The van der Waals surface area contributed by atoms with Gasteiger partial charge in [-0.05, 0) is 55.3 Å². The van der Waals surface area contributed by atoms with Crippen molar-refractivity contribution in [2.75, 3.05) is 6.61 Å². The lowest BCUT2D eigenvalue weighted by molar-refractivity contribution is -0.142. The molecular formula is C21H19BrClNO4. The molecule has 0 aliphatic heterocycles. The number of phenols is 1. The molecule has 0 aliphatic rings. The molecule has 3 aromatic rings.